The van der Waals surface area contributed by atoms with E-state index in [1.54, 1.807) is 24.4 Å². The highest BCUT2D eigenvalue weighted by Gasteiger charge is 2.12. The maximum absolute atomic E-state index is 12.1. The average Bonchev–Trinajstić information content (AvgIpc) is 3.06. The van der Waals surface area contributed by atoms with Crippen molar-refractivity contribution in [3.8, 4) is 0 Å². The van der Waals surface area contributed by atoms with Crippen LogP contribution in [0.5, 0.6) is 0 Å². The summed E-state index contributed by atoms with van der Waals surface area (Å²) in [5.74, 6) is 5.78. The zero-order chi connectivity index (χ0) is 21.5. The Kier molecular flexibility index (Phi) is 6.83. The highest BCUT2D eigenvalue weighted by atomic mass is 35.5. The molecular weight excluding hydrogens is 432 g/mol. The summed E-state index contributed by atoms with van der Waals surface area (Å²) in [6.07, 6.45) is 1.55. The number of hydrogen-bond donors (Lipinski definition) is 3. The number of halogens is 1. The van der Waals surface area contributed by atoms with Crippen LogP contribution in [-0.4, -0.2) is 37.7 Å². The lowest BCUT2D eigenvalue weighted by molar-refractivity contribution is -0.384. The molecule has 0 spiro atoms. The number of rotatable bonds is 8. The van der Waals surface area contributed by atoms with Crippen molar-refractivity contribution in [2.75, 3.05) is 22.3 Å². The van der Waals surface area contributed by atoms with Gasteiger partial charge in [0.2, 0.25) is 11.1 Å². The number of carbonyl (C=O) groups excluding carboxylic acids is 1. The van der Waals surface area contributed by atoms with Gasteiger partial charge in [-0.05, 0) is 29.8 Å². The molecule has 30 heavy (non-hydrogen) atoms. The molecular formula is C17H15ClN8O3S. The second-order valence-corrected chi connectivity index (χ2v) is 7.12. The Balaban J connectivity index is 1.51. The van der Waals surface area contributed by atoms with E-state index in [9.17, 15) is 14.9 Å². The quantitative estimate of drug-likeness (QED) is 0.157. The molecule has 1 amide bonds. The minimum absolute atomic E-state index is 0.0120. The van der Waals surface area contributed by atoms with Crippen molar-refractivity contribution in [3.05, 3.63) is 69.2 Å². The number of nitrogens with two attached hydrogens (primary N) is 1. The van der Waals surface area contributed by atoms with Gasteiger partial charge in [0.15, 0.2) is 0 Å². The van der Waals surface area contributed by atoms with Crippen LogP contribution in [-0.2, 0) is 4.79 Å². The molecule has 0 saturated carbocycles. The van der Waals surface area contributed by atoms with Gasteiger partial charge in [-0.15, -0.1) is 10.2 Å². The minimum atomic E-state index is -0.514. The number of hydrogen-bond acceptors (Lipinski definition) is 9. The molecule has 0 bridgehead atoms. The van der Waals surface area contributed by atoms with E-state index in [4.69, 9.17) is 17.4 Å². The number of nitrogens with one attached hydrogen (secondary N) is 2. The first-order chi connectivity index (χ1) is 14.4. The Hall–Kier alpha value is -3.64. The Morgan fingerprint density at radius 1 is 1.30 bits per heavy atom. The monoisotopic (exact) mass is 446 g/mol. The SMILES string of the molecule is Nn1c(N/N=C/c2cccc(Cl)c2)nnc1SCC(=O)Nc1ccc([N+](=O)[O-])cc1. The number of carbonyl (C=O) groups is 1. The standard InChI is InChI=1S/C17H15ClN8O3S/c18-12-3-1-2-11(8-12)9-20-22-16-23-24-17(25(16)19)30-10-15(27)21-13-4-6-14(7-5-13)26(28)29/h1-9H,10,19H2,(H,21,27)(H,22,23)/b20-9+. The van der Waals surface area contributed by atoms with Gasteiger partial charge in [-0.1, -0.05) is 35.5 Å². The van der Waals surface area contributed by atoms with Crippen LogP contribution in [0.1, 0.15) is 5.56 Å². The van der Waals surface area contributed by atoms with Crippen LogP contribution < -0.4 is 16.6 Å². The van der Waals surface area contributed by atoms with E-state index in [1.807, 2.05) is 6.07 Å². The summed E-state index contributed by atoms with van der Waals surface area (Å²) in [7, 11) is 0. The van der Waals surface area contributed by atoms with Crippen LogP contribution in [0.2, 0.25) is 5.02 Å². The summed E-state index contributed by atoms with van der Waals surface area (Å²) in [5.41, 5.74) is 3.84. The molecule has 154 valence electrons. The first kappa shape index (κ1) is 21.1. The summed E-state index contributed by atoms with van der Waals surface area (Å²) in [6.45, 7) is 0. The fourth-order valence-electron chi connectivity index (χ4n) is 2.20. The molecule has 11 nitrogen and oxygen atoms in total. The van der Waals surface area contributed by atoms with E-state index in [0.29, 0.717) is 15.9 Å². The number of benzene rings is 2. The molecule has 0 atom stereocenters. The number of nitro groups is 1. The second-order valence-electron chi connectivity index (χ2n) is 5.74. The van der Waals surface area contributed by atoms with Crippen molar-refractivity contribution in [2.24, 2.45) is 5.10 Å². The maximum Gasteiger partial charge on any atom is 0.269 e. The molecule has 0 saturated heterocycles. The third-order valence-corrected chi connectivity index (χ3v) is 4.76. The fraction of sp³-hybridized carbons (Fsp3) is 0.0588. The van der Waals surface area contributed by atoms with Crippen LogP contribution in [0.15, 0.2) is 58.8 Å². The largest absolute Gasteiger partial charge is 0.334 e. The lowest BCUT2D eigenvalue weighted by atomic mass is 10.2. The van der Waals surface area contributed by atoms with Crippen molar-refractivity contribution >= 4 is 52.8 Å². The van der Waals surface area contributed by atoms with E-state index in [2.05, 4.69) is 26.0 Å². The molecule has 3 aromatic rings. The van der Waals surface area contributed by atoms with Crippen molar-refractivity contribution in [2.45, 2.75) is 5.16 Å². The molecule has 3 rings (SSSR count). The molecule has 0 aliphatic carbocycles. The highest BCUT2D eigenvalue weighted by Crippen LogP contribution is 2.19. The molecule has 1 heterocycles. The van der Waals surface area contributed by atoms with Gasteiger partial charge in [-0.3, -0.25) is 14.9 Å². The van der Waals surface area contributed by atoms with E-state index in [1.165, 1.54) is 28.9 Å². The zero-order valence-corrected chi connectivity index (χ0v) is 16.8. The van der Waals surface area contributed by atoms with Crippen molar-refractivity contribution < 1.29 is 9.72 Å². The Labute approximate surface area is 179 Å². The topological polar surface area (TPSA) is 153 Å². The van der Waals surface area contributed by atoms with Crippen LogP contribution in [0.25, 0.3) is 0 Å². The van der Waals surface area contributed by atoms with Crippen molar-refractivity contribution in [1.82, 2.24) is 14.9 Å². The lowest BCUT2D eigenvalue weighted by Crippen LogP contribution is -2.16. The van der Waals surface area contributed by atoms with Crippen LogP contribution in [0.3, 0.4) is 0 Å². The van der Waals surface area contributed by atoms with Gasteiger partial charge < -0.3 is 11.2 Å². The van der Waals surface area contributed by atoms with Gasteiger partial charge in [0.25, 0.3) is 11.6 Å². The molecule has 1 aromatic heterocycles. The van der Waals surface area contributed by atoms with Gasteiger partial charge in [0, 0.05) is 22.8 Å². The molecule has 0 aliphatic rings. The first-order valence-corrected chi connectivity index (χ1v) is 9.71. The van der Waals surface area contributed by atoms with E-state index in [-0.39, 0.29) is 23.3 Å². The fourth-order valence-corrected chi connectivity index (χ4v) is 3.05. The number of hydrazone groups is 1. The van der Waals surface area contributed by atoms with Gasteiger partial charge in [0.1, 0.15) is 0 Å². The van der Waals surface area contributed by atoms with Gasteiger partial charge in [-0.2, -0.15) is 5.10 Å². The number of thioether (sulfide) groups is 1. The summed E-state index contributed by atoms with van der Waals surface area (Å²) < 4.78 is 1.17. The first-order valence-electron chi connectivity index (χ1n) is 8.34. The highest BCUT2D eigenvalue weighted by molar-refractivity contribution is 7.99. The molecule has 0 unspecified atom stereocenters. The Bertz CT molecular complexity index is 1090. The minimum Gasteiger partial charge on any atom is -0.334 e. The van der Waals surface area contributed by atoms with Crippen LogP contribution in [0.4, 0.5) is 17.3 Å². The number of aromatic nitrogens is 3. The van der Waals surface area contributed by atoms with Gasteiger partial charge >= 0.3 is 0 Å². The number of nitrogens with zero attached hydrogens (tertiary/aromatic N) is 5. The third kappa shape index (κ3) is 5.68. The van der Waals surface area contributed by atoms with Crippen molar-refractivity contribution in [3.63, 3.8) is 0 Å². The third-order valence-electron chi connectivity index (χ3n) is 3.59. The predicted molar refractivity (Wildman–Crippen MR) is 115 cm³/mol. The maximum atomic E-state index is 12.1. The second kappa shape index (κ2) is 9.71. The number of anilines is 2. The summed E-state index contributed by atoms with van der Waals surface area (Å²) >= 11 is 6.98. The van der Waals surface area contributed by atoms with Crippen LogP contribution in [0, 0.1) is 10.1 Å². The molecule has 0 fully saturated rings. The van der Waals surface area contributed by atoms with Crippen molar-refractivity contribution in [1.29, 1.82) is 0 Å². The van der Waals surface area contributed by atoms with Gasteiger partial charge in [-0.25, -0.2) is 10.1 Å². The number of non-ortho nitro benzene ring substituents is 1. The normalized spacial score (nSPS) is 10.8. The summed E-state index contributed by atoms with van der Waals surface area (Å²) in [6, 6.07) is 12.6. The number of amides is 1. The van der Waals surface area contributed by atoms with E-state index in [0.717, 1.165) is 17.3 Å². The summed E-state index contributed by atoms with van der Waals surface area (Å²) in [4.78, 5) is 22.2. The average molecular weight is 447 g/mol. The van der Waals surface area contributed by atoms with E-state index < -0.39 is 4.92 Å². The Morgan fingerprint density at radius 2 is 2.07 bits per heavy atom. The molecule has 13 heteroatoms. The van der Waals surface area contributed by atoms with Gasteiger partial charge in [0.05, 0.1) is 16.9 Å². The molecule has 0 aliphatic heterocycles. The molecule has 0 radical (unpaired) electrons. The smallest absolute Gasteiger partial charge is 0.269 e. The number of nitrogen functional groups attached to an aromatic ring is 1. The number of nitro benzene ring substituents is 1. The predicted octanol–water partition coefficient (Wildman–Crippen LogP) is 2.73. The Morgan fingerprint density at radius 3 is 2.77 bits per heavy atom. The molecule has 2 aromatic carbocycles. The molecule has 4 N–H and O–H groups in total. The summed E-state index contributed by atoms with van der Waals surface area (Å²) in [5, 5.41) is 26.0. The van der Waals surface area contributed by atoms with E-state index >= 15 is 0 Å². The lowest BCUT2D eigenvalue weighted by Gasteiger charge is -2.05. The van der Waals surface area contributed by atoms with Crippen LogP contribution >= 0.6 is 23.4 Å². The zero-order valence-electron chi connectivity index (χ0n) is 15.2.